The Hall–Kier alpha value is -1.06. The van der Waals surface area contributed by atoms with Gasteiger partial charge in [0.15, 0.2) is 0 Å². The topological polar surface area (TPSA) is 41.5 Å². The van der Waals surface area contributed by atoms with Gasteiger partial charge in [0, 0.05) is 12.6 Å². The molecule has 0 heterocycles. The third-order valence-electron chi connectivity index (χ3n) is 4.37. The highest BCUT2D eigenvalue weighted by Gasteiger charge is 2.24. The van der Waals surface area contributed by atoms with Crippen LogP contribution in [0, 0.1) is 5.92 Å². The molecule has 0 aliphatic heterocycles. The molecule has 1 fully saturated rings. The molecule has 3 atom stereocenters. The molecule has 3 unspecified atom stereocenters. The lowest BCUT2D eigenvalue weighted by Crippen LogP contribution is -2.34. The zero-order valence-corrected chi connectivity index (χ0v) is 12.6. The second-order valence-corrected chi connectivity index (χ2v) is 5.95. The van der Waals surface area contributed by atoms with Crippen LogP contribution in [-0.4, -0.2) is 30.9 Å². The lowest BCUT2D eigenvalue weighted by Gasteiger charge is -2.19. The summed E-state index contributed by atoms with van der Waals surface area (Å²) >= 11 is 0. The first-order valence-electron chi connectivity index (χ1n) is 7.73. The molecule has 3 nitrogen and oxygen atoms in total. The van der Waals surface area contributed by atoms with Crippen molar-refractivity contribution < 1.29 is 9.84 Å². The van der Waals surface area contributed by atoms with E-state index in [0.717, 1.165) is 31.6 Å². The van der Waals surface area contributed by atoms with E-state index in [4.69, 9.17) is 4.74 Å². The van der Waals surface area contributed by atoms with E-state index in [1.165, 1.54) is 18.4 Å². The van der Waals surface area contributed by atoms with Gasteiger partial charge in [0.1, 0.15) is 5.75 Å². The summed E-state index contributed by atoms with van der Waals surface area (Å²) in [5.74, 6) is 1.37. The van der Waals surface area contributed by atoms with Gasteiger partial charge < -0.3 is 15.2 Å². The third-order valence-corrected chi connectivity index (χ3v) is 4.37. The second-order valence-electron chi connectivity index (χ2n) is 5.95. The highest BCUT2D eigenvalue weighted by molar-refractivity contribution is 5.27. The van der Waals surface area contributed by atoms with E-state index >= 15 is 0 Å². The van der Waals surface area contributed by atoms with E-state index in [-0.39, 0.29) is 6.10 Å². The van der Waals surface area contributed by atoms with E-state index in [9.17, 15) is 5.11 Å². The number of aliphatic hydroxyl groups excluding tert-OH is 1. The molecule has 0 amide bonds. The first-order chi connectivity index (χ1) is 9.69. The Morgan fingerprint density at radius 2 is 2.05 bits per heavy atom. The molecule has 1 aromatic carbocycles. The van der Waals surface area contributed by atoms with Crippen LogP contribution in [0.4, 0.5) is 0 Å². The molecule has 0 radical (unpaired) electrons. The van der Waals surface area contributed by atoms with Crippen LogP contribution in [0.25, 0.3) is 0 Å². The number of rotatable bonds is 7. The number of ether oxygens (including phenoxy) is 1. The van der Waals surface area contributed by atoms with Crippen LogP contribution in [0.15, 0.2) is 24.3 Å². The largest absolute Gasteiger partial charge is 0.497 e. The fourth-order valence-electron chi connectivity index (χ4n) is 2.89. The minimum atomic E-state index is -0.0868. The van der Waals surface area contributed by atoms with E-state index in [1.807, 2.05) is 12.1 Å². The minimum Gasteiger partial charge on any atom is -0.497 e. The first kappa shape index (κ1) is 15.3. The van der Waals surface area contributed by atoms with Crippen molar-refractivity contribution in [3.8, 4) is 5.75 Å². The molecule has 1 saturated carbocycles. The lowest BCUT2D eigenvalue weighted by molar-refractivity contribution is 0.130. The maximum absolute atomic E-state index is 9.81. The van der Waals surface area contributed by atoms with Crippen LogP contribution >= 0.6 is 0 Å². The van der Waals surface area contributed by atoms with Gasteiger partial charge in [-0.25, -0.2) is 0 Å². The molecule has 0 aromatic heterocycles. The summed E-state index contributed by atoms with van der Waals surface area (Å²) in [6.07, 6.45) is 5.43. The summed E-state index contributed by atoms with van der Waals surface area (Å²) in [5.41, 5.74) is 1.35. The Labute approximate surface area is 122 Å². The van der Waals surface area contributed by atoms with Gasteiger partial charge in [0.25, 0.3) is 0 Å². The van der Waals surface area contributed by atoms with Crippen LogP contribution < -0.4 is 10.1 Å². The van der Waals surface area contributed by atoms with Crippen molar-refractivity contribution in [1.29, 1.82) is 0 Å². The highest BCUT2D eigenvalue weighted by atomic mass is 16.5. The zero-order valence-electron chi connectivity index (χ0n) is 12.6. The van der Waals surface area contributed by atoms with Crippen molar-refractivity contribution >= 4 is 0 Å². The zero-order chi connectivity index (χ0) is 14.4. The van der Waals surface area contributed by atoms with Crippen molar-refractivity contribution in [3.63, 3.8) is 0 Å². The van der Waals surface area contributed by atoms with Gasteiger partial charge in [-0.1, -0.05) is 18.6 Å². The minimum absolute atomic E-state index is 0.0868. The van der Waals surface area contributed by atoms with E-state index in [0.29, 0.717) is 12.0 Å². The molecular weight excluding hydrogens is 250 g/mol. The lowest BCUT2D eigenvalue weighted by atomic mass is 10.0. The van der Waals surface area contributed by atoms with E-state index in [2.05, 4.69) is 24.4 Å². The third kappa shape index (κ3) is 4.50. The highest BCUT2D eigenvalue weighted by Crippen LogP contribution is 2.24. The first-order valence-corrected chi connectivity index (χ1v) is 7.73. The standard InChI is InChI=1S/C17H27NO2/c1-13(18-12-15-4-3-5-17(15)19)6-7-14-8-10-16(20-2)11-9-14/h8-11,13,15,17-19H,3-7,12H2,1-2H3. The van der Waals surface area contributed by atoms with E-state index in [1.54, 1.807) is 7.11 Å². The van der Waals surface area contributed by atoms with Crippen molar-refractivity contribution in [3.05, 3.63) is 29.8 Å². The van der Waals surface area contributed by atoms with Crippen LogP contribution in [0.1, 0.15) is 38.2 Å². The fourth-order valence-corrected chi connectivity index (χ4v) is 2.89. The van der Waals surface area contributed by atoms with Gasteiger partial charge in [-0.2, -0.15) is 0 Å². The summed E-state index contributed by atoms with van der Waals surface area (Å²) in [5, 5.41) is 13.4. The van der Waals surface area contributed by atoms with Crippen molar-refractivity contribution in [2.45, 2.75) is 51.2 Å². The van der Waals surface area contributed by atoms with Gasteiger partial charge in [0.05, 0.1) is 13.2 Å². The number of hydrogen-bond acceptors (Lipinski definition) is 3. The number of aryl methyl sites for hydroxylation is 1. The smallest absolute Gasteiger partial charge is 0.118 e. The summed E-state index contributed by atoms with van der Waals surface area (Å²) in [6.45, 7) is 3.18. The Kier molecular flexibility index (Phi) is 5.86. The molecule has 0 saturated heterocycles. The van der Waals surface area contributed by atoms with Crippen LogP contribution in [0.2, 0.25) is 0 Å². The number of benzene rings is 1. The van der Waals surface area contributed by atoms with Crippen molar-refractivity contribution in [2.24, 2.45) is 5.92 Å². The average Bonchev–Trinajstić information content (AvgIpc) is 2.89. The van der Waals surface area contributed by atoms with Gasteiger partial charge in [-0.3, -0.25) is 0 Å². The Morgan fingerprint density at radius 1 is 1.30 bits per heavy atom. The van der Waals surface area contributed by atoms with Crippen LogP contribution in [-0.2, 0) is 6.42 Å². The number of hydrogen-bond donors (Lipinski definition) is 2. The molecule has 1 aliphatic rings. The molecule has 1 aromatic rings. The molecule has 1 aliphatic carbocycles. The SMILES string of the molecule is COc1ccc(CCC(C)NCC2CCCC2O)cc1. The molecular formula is C17H27NO2. The summed E-state index contributed by atoms with van der Waals surface area (Å²) in [6, 6.07) is 8.79. The molecule has 2 N–H and O–H groups in total. The quantitative estimate of drug-likeness (QED) is 0.805. The fraction of sp³-hybridized carbons (Fsp3) is 0.647. The number of nitrogens with one attached hydrogen (secondary N) is 1. The summed E-state index contributed by atoms with van der Waals surface area (Å²) in [7, 11) is 1.69. The maximum atomic E-state index is 9.81. The van der Waals surface area contributed by atoms with Gasteiger partial charge in [-0.05, 0) is 56.2 Å². The van der Waals surface area contributed by atoms with Gasteiger partial charge >= 0.3 is 0 Å². The van der Waals surface area contributed by atoms with E-state index < -0.39 is 0 Å². The summed E-state index contributed by atoms with van der Waals surface area (Å²) in [4.78, 5) is 0. The Morgan fingerprint density at radius 3 is 2.65 bits per heavy atom. The monoisotopic (exact) mass is 277 g/mol. The maximum Gasteiger partial charge on any atom is 0.118 e. The number of methoxy groups -OCH3 is 1. The predicted octanol–water partition coefficient (Wildman–Crippen LogP) is 2.77. The predicted molar refractivity (Wildman–Crippen MR) is 82.1 cm³/mol. The molecule has 0 bridgehead atoms. The van der Waals surface area contributed by atoms with Gasteiger partial charge in [0.2, 0.25) is 0 Å². The molecule has 3 heteroatoms. The summed E-state index contributed by atoms with van der Waals surface area (Å²) < 4.78 is 5.16. The molecule has 112 valence electrons. The normalized spacial score (nSPS) is 23.8. The van der Waals surface area contributed by atoms with Crippen LogP contribution in [0.3, 0.4) is 0 Å². The molecule has 2 rings (SSSR count). The van der Waals surface area contributed by atoms with Gasteiger partial charge in [-0.15, -0.1) is 0 Å². The average molecular weight is 277 g/mol. The molecule has 20 heavy (non-hydrogen) atoms. The Balaban J connectivity index is 1.67. The second kappa shape index (κ2) is 7.65. The number of aliphatic hydroxyl groups is 1. The van der Waals surface area contributed by atoms with Crippen molar-refractivity contribution in [2.75, 3.05) is 13.7 Å². The van der Waals surface area contributed by atoms with Crippen LogP contribution in [0.5, 0.6) is 5.75 Å². The van der Waals surface area contributed by atoms with Crippen molar-refractivity contribution in [1.82, 2.24) is 5.32 Å². The molecule has 0 spiro atoms. The Bertz CT molecular complexity index is 390.